The number of carboxylic acid groups (broad SMARTS) is 1. The summed E-state index contributed by atoms with van der Waals surface area (Å²) < 4.78 is 0. The molecule has 1 amide bonds. The van der Waals surface area contributed by atoms with Crippen LogP contribution in [0.4, 0.5) is 5.82 Å². The van der Waals surface area contributed by atoms with E-state index in [1.165, 1.54) is 0 Å². The molecule has 0 unspecified atom stereocenters. The maximum atomic E-state index is 11.8. The minimum atomic E-state index is -1.22. The minimum absolute atomic E-state index is 0.402. The molecule has 0 aliphatic heterocycles. The molecule has 1 aromatic rings. The molecule has 5 nitrogen and oxygen atoms in total. The number of aromatic nitrogens is 1. The van der Waals surface area contributed by atoms with E-state index in [4.69, 9.17) is 5.11 Å². The van der Waals surface area contributed by atoms with Gasteiger partial charge in [0.25, 0.3) is 0 Å². The number of carbonyl (C=O) groups excluding carboxylic acids is 1. The van der Waals surface area contributed by atoms with E-state index in [-0.39, 0.29) is 0 Å². The number of pyridine rings is 1. The maximum Gasteiger partial charge on any atom is 0.319 e. The first kappa shape index (κ1) is 11.6. The third-order valence-corrected chi connectivity index (χ3v) is 2.93. The fourth-order valence-electron chi connectivity index (χ4n) is 1.80. The van der Waals surface area contributed by atoms with Crippen LogP contribution in [0.3, 0.4) is 0 Å². The topological polar surface area (TPSA) is 79.3 Å². The van der Waals surface area contributed by atoms with Crippen LogP contribution in [0.2, 0.25) is 0 Å². The van der Waals surface area contributed by atoms with Crippen LogP contribution in [-0.2, 0) is 9.59 Å². The van der Waals surface area contributed by atoms with Crippen LogP contribution in [0.1, 0.15) is 24.1 Å². The molecule has 5 heteroatoms. The van der Waals surface area contributed by atoms with Crippen LogP contribution in [0.15, 0.2) is 12.1 Å². The largest absolute Gasteiger partial charge is 0.480 e. The lowest BCUT2D eigenvalue weighted by atomic mass is 10.1. The average Bonchev–Trinajstić information content (AvgIpc) is 2.95. The Morgan fingerprint density at radius 3 is 2.47 bits per heavy atom. The van der Waals surface area contributed by atoms with E-state index < -0.39 is 17.3 Å². The van der Waals surface area contributed by atoms with Gasteiger partial charge in [-0.2, -0.15) is 0 Å². The van der Waals surface area contributed by atoms with Gasteiger partial charge >= 0.3 is 5.97 Å². The third-order valence-electron chi connectivity index (χ3n) is 2.93. The van der Waals surface area contributed by atoms with E-state index in [1.54, 1.807) is 6.07 Å². The van der Waals surface area contributed by atoms with Gasteiger partial charge in [-0.3, -0.25) is 9.59 Å². The van der Waals surface area contributed by atoms with Crippen molar-refractivity contribution in [2.45, 2.75) is 26.7 Å². The summed E-state index contributed by atoms with van der Waals surface area (Å²) >= 11 is 0. The Hall–Kier alpha value is -1.91. The number of carbonyl (C=O) groups is 2. The molecule has 0 aromatic carbocycles. The Labute approximate surface area is 98.9 Å². The van der Waals surface area contributed by atoms with Crippen molar-refractivity contribution >= 4 is 17.7 Å². The normalized spacial score (nSPS) is 16.4. The fraction of sp³-hybridized carbons (Fsp3) is 0.417. The van der Waals surface area contributed by atoms with Gasteiger partial charge in [0.15, 0.2) is 0 Å². The van der Waals surface area contributed by atoms with Gasteiger partial charge in [0.2, 0.25) is 5.91 Å². The molecule has 1 heterocycles. The molecule has 1 fully saturated rings. The van der Waals surface area contributed by atoms with Crippen molar-refractivity contribution < 1.29 is 14.7 Å². The van der Waals surface area contributed by atoms with Crippen LogP contribution in [0.5, 0.6) is 0 Å². The lowest BCUT2D eigenvalue weighted by molar-refractivity contribution is -0.147. The summed E-state index contributed by atoms with van der Waals surface area (Å²) in [5.74, 6) is -1.11. The number of hydrogen-bond donors (Lipinski definition) is 2. The van der Waals surface area contributed by atoms with Gasteiger partial charge in [-0.25, -0.2) is 4.98 Å². The van der Waals surface area contributed by atoms with Gasteiger partial charge in [0, 0.05) is 5.69 Å². The van der Waals surface area contributed by atoms with E-state index in [0.717, 1.165) is 11.3 Å². The van der Waals surface area contributed by atoms with Crippen LogP contribution in [0.25, 0.3) is 0 Å². The number of nitrogens with zero attached hydrogens (tertiary/aromatic N) is 1. The predicted molar refractivity (Wildman–Crippen MR) is 61.6 cm³/mol. The van der Waals surface area contributed by atoms with Crippen molar-refractivity contribution in [1.82, 2.24) is 4.98 Å². The van der Waals surface area contributed by atoms with Crippen LogP contribution >= 0.6 is 0 Å². The van der Waals surface area contributed by atoms with Crippen molar-refractivity contribution in [3.05, 3.63) is 23.4 Å². The highest BCUT2D eigenvalue weighted by Gasteiger charge is 2.57. The number of hydrogen-bond acceptors (Lipinski definition) is 3. The van der Waals surface area contributed by atoms with Crippen LogP contribution in [0, 0.1) is 19.3 Å². The molecule has 1 aliphatic rings. The molecular formula is C12H14N2O3. The van der Waals surface area contributed by atoms with Gasteiger partial charge in [-0.1, -0.05) is 0 Å². The molecule has 1 saturated carbocycles. The zero-order valence-corrected chi connectivity index (χ0v) is 9.78. The SMILES string of the molecule is Cc1cc(C)nc(NC(=O)C2(C(=O)O)CC2)c1. The highest BCUT2D eigenvalue weighted by Crippen LogP contribution is 2.46. The van der Waals surface area contributed by atoms with Crippen molar-refractivity contribution in [3.8, 4) is 0 Å². The van der Waals surface area contributed by atoms with Gasteiger partial charge in [-0.05, 0) is 44.4 Å². The summed E-state index contributed by atoms with van der Waals surface area (Å²) in [4.78, 5) is 26.9. The Bertz CT molecular complexity index is 472. The Balaban J connectivity index is 2.16. The molecule has 2 N–H and O–H groups in total. The lowest BCUT2D eigenvalue weighted by Gasteiger charge is -2.11. The zero-order chi connectivity index (χ0) is 12.6. The summed E-state index contributed by atoms with van der Waals surface area (Å²) in [5, 5.41) is 11.6. The van der Waals surface area contributed by atoms with Gasteiger partial charge in [0.1, 0.15) is 11.2 Å². The molecular weight excluding hydrogens is 220 g/mol. The molecule has 17 heavy (non-hydrogen) atoms. The van der Waals surface area contributed by atoms with E-state index in [0.29, 0.717) is 18.7 Å². The Kier molecular flexibility index (Phi) is 2.61. The maximum absolute atomic E-state index is 11.8. The molecule has 0 bridgehead atoms. The van der Waals surface area contributed by atoms with Crippen molar-refractivity contribution in [1.29, 1.82) is 0 Å². The number of rotatable bonds is 3. The number of nitrogens with one attached hydrogen (secondary N) is 1. The quantitative estimate of drug-likeness (QED) is 0.777. The fourth-order valence-corrected chi connectivity index (χ4v) is 1.80. The molecule has 2 rings (SSSR count). The number of carboxylic acids is 1. The number of anilines is 1. The molecule has 1 aliphatic carbocycles. The zero-order valence-electron chi connectivity index (χ0n) is 9.78. The molecule has 0 atom stereocenters. The Morgan fingerprint density at radius 1 is 1.35 bits per heavy atom. The first-order valence-electron chi connectivity index (χ1n) is 5.44. The van der Waals surface area contributed by atoms with Gasteiger partial charge < -0.3 is 10.4 Å². The molecule has 0 saturated heterocycles. The summed E-state index contributed by atoms with van der Waals surface area (Å²) in [6.45, 7) is 3.72. The lowest BCUT2D eigenvalue weighted by Crippen LogP contribution is -2.31. The number of aryl methyl sites for hydroxylation is 2. The van der Waals surface area contributed by atoms with Gasteiger partial charge in [0.05, 0.1) is 0 Å². The smallest absolute Gasteiger partial charge is 0.319 e. The van der Waals surface area contributed by atoms with E-state index >= 15 is 0 Å². The second-order valence-corrected chi connectivity index (χ2v) is 4.51. The van der Waals surface area contributed by atoms with E-state index in [2.05, 4.69) is 10.3 Å². The average molecular weight is 234 g/mol. The summed E-state index contributed by atoms with van der Waals surface area (Å²) in [7, 11) is 0. The van der Waals surface area contributed by atoms with Crippen LogP contribution < -0.4 is 5.32 Å². The highest BCUT2D eigenvalue weighted by molar-refractivity contribution is 6.10. The van der Waals surface area contributed by atoms with E-state index in [9.17, 15) is 9.59 Å². The number of amides is 1. The second-order valence-electron chi connectivity index (χ2n) is 4.51. The van der Waals surface area contributed by atoms with Gasteiger partial charge in [-0.15, -0.1) is 0 Å². The van der Waals surface area contributed by atoms with Crippen molar-refractivity contribution in [3.63, 3.8) is 0 Å². The van der Waals surface area contributed by atoms with Crippen molar-refractivity contribution in [2.75, 3.05) is 5.32 Å². The summed E-state index contributed by atoms with van der Waals surface area (Å²) in [5.41, 5.74) is 0.549. The standard InChI is InChI=1S/C12H14N2O3/c1-7-5-8(2)13-9(6-7)14-10(15)12(3-4-12)11(16)17/h5-6H,3-4H2,1-2H3,(H,16,17)(H,13,14,15). The highest BCUT2D eigenvalue weighted by atomic mass is 16.4. The Morgan fingerprint density at radius 2 is 2.00 bits per heavy atom. The molecule has 1 aromatic heterocycles. The van der Waals surface area contributed by atoms with Crippen molar-refractivity contribution in [2.24, 2.45) is 5.41 Å². The summed E-state index contributed by atoms with van der Waals surface area (Å²) in [6, 6.07) is 3.61. The third kappa shape index (κ3) is 2.13. The molecule has 0 radical (unpaired) electrons. The monoisotopic (exact) mass is 234 g/mol. The van der Waals surface area contributed by atoms with Crippen LogP contribution in [-0.4, -0.2) is 22.0 Å². The first-order chi connectivity index (χ1) is 7.94. The predicted octanol–water partition coefficient (Wildman–Crippen LogP) is 1.50. The molecule has 90 valence electrons. The first-order valence-corrected chi connectivity index (χ1v) is 5.44. The number of aliphatic carboxylic acids is 1. The summed E-state index contributed by atoms with van der Waals surface area (Å²) in [6.07, 6.45) is 0.804. The minimum Gasteiger partial charge on any atom is -0.480 e. The second kappa shape index (κ2) is 3.84. The molecule has 0 spiro atoms. The van der Waals surface area contributed by atoms with E-state index in [1.807, 2.05) is 19.9 Å².